The number of rotatable bonds is 9. The Bertz CT molecular complexity index is 830. The van der Waals surface area contributed by atoms with Crippen molar-refractivity contribution in [3.63, 3.8) is 0 Å². The first-order valence-corrected chi connectivity index (χ1v) is 10.7. The lowest BCUT2D eigenvalue weighted by Crippen LogP contribution is -2.26. The topological polar surface area (TPSA) is 83.5 Å². The predicted octanol–water partition coefficient (Wildman–Crippen LogP) is 2.90. The van der Waals surface area contributed by atoms with Crippen LogP contribution in [0.1, 0.15) is 37.3 Å². The van der Waals surface area contributed by atoms with E-state index < -0.39 is 16.4 Å². The summed E-state index contributed by atoms with van der Waals surface area (Å²) in [5.41, 5.74) is 1.98. The van der Waals surface area contributed by atoms with E-state index in [9.17, 15) is 13.2 Å². The summed E-state index contributed by atoms with van der Waals surface area (Å²) in [6.45, 7) is 4.16. The number of hydrogen-bond donors (Lipinski definition) is 2. The summed E-state index contributed by atoms with van der Waals surface area (Å²) in [7, 11) is -3.45. The second kappa shape index (κ2) is 9.67. The van der Waals surface area contributed by atoms with Gasteiger partial charge in [-0.25, -0.2) is 8.42 Å². The van der Waals surface area contributed by atoms with Gasteiger partial charge in [-0.05, 0) is 35.1 Å². The first-order chi connectivity index (χ1) is 12.8. The van der Waals surface area contributed by atoms with E-state index in [1.807, 2.05) is 30.3 Å². The van der Waals surface area contributed by atoms with Crippen LogP contribution in [0.2, 0.25) is 0 Å². The first-order valence-electron chi connectivity index (χ1n) is 9.07. The minimum atomic E-state index is -3.45. The molecule has 0 saturated carbocycles. The van der Waals surface area contributed by atoms with E-state index in [1.165, 1.54) is 12.1 Å². The number of hydrogen-bond acceptors (Lipinski definition) is 4. The zero-order valence-corrected chi connectivity index (χ0v) is 16.6. The van der Waals surface area contributed by atoms with Gasteiger partial charge in [0, 0.05) is 13.0 Å². The summed E-state index contributed by atoms with van der Waals surface area (Å²) in [4.78, 5) is 12.6. The molecule has 27 heavy (non-hydrogen) atoms. The van der Waals surface area contributed by atoms with Crippen LogP contribution in [0.25, 0.3) is 0 Å². The Kier molecular flexibility index (Phi) is 7.56. The van der Waals surface area contributed by atoms with E-state index in [4.69, 9.17) is 5.11 Å². The van der Waals surface area contributed by atoms with Crippen molar-refractivity contribution in [3.8, 4) is 0 Å². The van der Waals surface area contributed by atoms with Crippen molar-refractivity contribution in [3.05, 3.63) is 65.7 Å². The van der Waals surface area contributed by atoms with E-state index in [1.54, 1.807) is 12.1 Å². The fourth-order valence-electron chi connectivity index (χ4n) is 2.96. The van der Waals surface area contributed by atoms with E-state index in [2.05, 4.69) is 19.2 Å². The van der Waals surface area contributed by atoms with Gasteiger partial charge >= 0.3 is 0 Å². The van der Waals surface area contributed by atoms with Crippen molar-refractivity contribution in [1.29, 1.82) is 0 Å². The molecule has 0 aliphatic rings. The predicted molar refractivity (Wildman–Crippen MR) is 106 cm³/mol. The molecule has 2 N–H and O–H groups in total. The molecule has 2 aromatic rings. The molecule has 0 saturated heterocycles. The van der Waals surface area contributed by atoms with E-state index >= 15 is 0 Å². The number of carbonyl (C=O) groups is 1. The number of sulfone groups is 1. The minimum Gasteiger partial charge on any atom is -0.395 e. The maximum atomic E-state index is 12.4. The fraction of sp³-hybridized carbons (Fsp3) is 0.381. The summed E-state index contributed by atoms with van der Waals surface area (Å²) < 4.78 is 23.8. The number of aliphatic hydroxyl groups excluding tert-OH is 1. The highest BCUT2D eigenvalue weighted by Gasteiger charge is 2.19. The van der Waals surface area contributed by atoms with Crippen molar-refractivity contribution in [2.75, 3.05) is 12.4 Å². The second-order valence-electron chi connectivity index (χ2n) is 6.93. The van der Waals surface area contributed by atoms with Crippen LogP contribution in [0.15, 0.2) is 59.5 Å². The van der Waals surface area contributed by atoms with Crippen LogP contribution in [-0.2, 0) is 21.2 Å². The van der Waals surface area contributed by atoms with Gasteiger partial charge < -0.3 is 10.4 Å². The third kappa shape index (κ3) is 6.19. The lowest BCUT2D eigenvalue weighted by molar-refractivity contribution is -0.121. The maximum Gasteiger partial charge on any atom is 0.220 e. The minimum absolute atomic E-state index is 0.0328. The van der Waals surface area contributed by atoms with E-state index in [0.717, 1.165) is 11.1 Å². The zero-order chi connectivity index (χ0) is 19.9. The van der Waals surface area contributed by atoms with Crippen molar-refractivity contribution in [2.24, 2.45) is 5.92 Å². The Morgan fingerprint density at radius 3 is 2.22 bits per heavy atom. The molecule has 0 aliphatic carbocycles. The Morgan fingerprint density at radius 1 is 1.04 bits per heavy atom. The van der Waals surface area contributed by atoms with Crippen LogP contribution in [0.4, 0.5) is 0 Å². The highest BCUT2D eigenvalue weighted by Crippen LogP contribution is 2.27. The van der Waals surface area contributed by atoms with Gasteiger partial charge in [0.25, 0.3) is 0 Å². The van der Waals surface area contributed by atoms with Gasteiger partial charge in [0.15, 0.2) is 9.84 Å². The molecule has 0 fully saturated rings. The molecule has 0 radical (unpaired) electrons. The van der Waals surface area contributed by atoms with Gasteiger partial charge in [0.1, 0.15) is 0 Å². The normalized spacial score (nSPS) is 12.7. The number of benzene rings is 2. The fourth-order valence-corrected chi connectivity index (χ4v) is 3.99. The molecule has 146 valence electrons. The standard InChI is InChI=1S/C21H27NO4S/c1-16(2)20(18-6-4-3-5-7-18)14-21(24)22-15-17-8-10-19(11-9-17)27(25,26)13-12-23/h3-11,16,20,23H,12-15H2,1-2H3,(H,22,24)/t20-/m1/s1. The molecule has 2 rings (SSSR count). The molecular formula is C21H27NO4S. The second-order valence-corrected chi connectivity index (χ2v) is 9.04. The molecular weight excluding hydrogens is 362 g/mol. The van der Waals surface area contributed by atoms with Crippen molar-refractivity contribution >= 4 is 15.7 Å². The molecule has 2 aromatic carbocycles. The quantitative estimate of drug-likeness (QED) is 0.691. The van der Waals surface area contributed by atoms with Crippen LogP contribution in [0, 0.1) is 5.92 Å². The van der Waals surface area contributed by atoms with Crippen molar-refractivity contribution in [2.45, 2.75) is 37.6 Å². The molecule has 5 nitrogen and oxygen atoms in total. The third-order valence-electron chi connectivity index (χ3n) is 4.57. The first kappa shape index (κ1) is 21.1. The molecule has 0 aromatic heterocycles. The Balaban J connectivity index is 1.95. The van der Waals surface area contributed by atoms with Crippen molar-refractivity contribution < 1.29 is 18.3 Å². The lowest BCUT2D eigenvalue weighted by Gasteiger charge is -2.21. The van der Waals surface area contributed by atoms with Crippen molar-refractivity contribution in [1.82, 2.24) is 5.32 Å². The Labute approximate surface area is 161 Å². The maximum absolute atomic E-state index is 12.4. The van der Waals surface area contributed by atoms with Gasteiger partial charge in [-0.2, -0.15) is 0 Å². The van der Waals surface area contributed by atoms with Gasteiger partial charge in [0.05, 0.1) is 17.3 Å². The SMILES string of the molecule is CC(C)[C@@H](CC(=O)NCc1ccc(S(=O)(=O)CCO)cc1)c1ccccc1. The van der Waals surface area contributed by atoms with Gasteiger partial charge in [-0.15, -0.1) is 0 Å². The Morgan fingerprint density at radius 2 is 1.67 bits per heavy atom. The van der Waals surface area contributed by atoms with Gasteiger partial charge in [-0.3, -0.25) is 4.79 Å². The molecule has 1 atom stereocenters. The van der Waals surface area contributed by atoms with Gasteiger partial charge in [0.2, 0.25) is 5.91 Å². The highest BCUT2D eigenvalue weighted by molar-refractivity contribution is 7.91. The number of nitrogens with one attached hydrogen (secondary N) is 1. The van der Waals surface area contributed by atoms with Crippen LogP contribution in [0.5, 0.6) is 0 Å². The van der Waals surface area contributed by atoms with Crippen LogP contribution < -0.4 is 5.32 Å². The number of amides is 1. The molecule has 0 unspecified atom stereocenters. The summed E-state index contributed by atoms with van der Waals surface area (Å²) >= 11 is 0. The lowest BCUT2D eigenvalue weighted by atomic mass is 9.85. The number of carbonyl (C=O) groups excluding carboxylic acids is 1. The summed E-state index contributed by atoms with van der Waals surface area (Å²) in [5, 5.41) is 11.7. The molecule has 1 amide bonds. The third-order valence-corrected chi connectivity index (χ3v) is 6.28. The van der Waals surface area contributed by atoms with Crippen LogP contribution >= 0.6 is 0 Å². The zero-order valence-electron chi connectivity index (χ0n) is 15.8. The average Bonchev–Trinajstić information content (AvgIpc) is 2.65. The summed E-state index contributed by atoms with van der Waals surface area (Å²) in [6, 6.07) is 16.4. The van der Waals surface area contributed by atoms with E-state index in [-0.39, 0.29) is 22.5 Å². The highest BCUT2D eigenvalue weighted by atomic mass is 32.2. The van der Waals surface area contributed by atoms with E-state index in [0.29, 0.717) is 18.9 Å². The molecule has 0 bridgehead atoms. The summed E-state index contributed by atoms with van der Waals surface area (Å²) in [6.07, 6.45) is 0.407. The molecule has 6 heteroatoms. The van der Waals surface area contributed by atoms with Gasteiger partial charge in [-0.1, -0.05) is 56.3 Å². The molecule has 0 spiro atoms. The summed E-state index contributed by atoms with van der Waals surface area (Å²) in [5.74, 6) is 0.167. The van der Waals surface area contributed by atoms with Crippen LogP contribution in [0.3, 0.4) is 0 Å². The molecule has 0 aliphatic heterocycles. The Hall–Kier alpha value is -2.18. The number of aliphatic hydroxyl groups is 1. The van der Waals surface area contributed by atoms with Crippen LogP contribution in [-0.4, -0.2) is 31.8 Å². The monoisotopic (exact) mass is 389 g/mol. The molecule has 0 heterocycles. The largest absolute Gasteiger partial charge is 0.395 e. The average molecular weight is 390 g/mol. The smallest absolute Gasteiger partial charge is 0.220 e.